The topological polar surface area (TPSA) is 82.5 Å². The number of esters is 1. The Morgan fingerprint density at radius 3 is 2.52 bits per heavy atom. The van der Waals surface area contributed by atoms with Crippen molar-refractivity contribution in [2.24, 2.45) is 5.41 Å². The number of methoxy groups -OCH3 is 1. The second-order valence-corrected chi connectivity index (χ2v) is 8.52. The van der Waals surface area contributed by atoms with Crippen LogP contribution in [-0.2, 0) is 9.47 Å². The van der Waals surface area contributed by atoms with Crippen LogP contribution in [0.15, 0.2) is 36.5 Å². The maximum atomic E-state index is 12.7. The van der Waals surface area contributed by atoms with Crippen LogP contribution in [-0.4, -0.2) is 41.0 Å². The average molecular weight is 399 g/mol. The number of amides is 1. The number of rotatable bonds is 5. The number of carbonyl (C=O) groups is 2. The van der Waals surface area contributed by atoms with Crippen molar-refractivity contribution in [2.45, 2.75) is 58.8 Å². The molecule has 2 unspecified atom stereocenters. The van der Waals surface area contributed by atoms with Crippen LogP contribution in [0.25, 0.3) is 0 Å². The van der Waals surface area contributed by atoms with Gasteiger partial charge in [-0.1, -0.05) is 32.9 Å². The number of nitrogens with one attached hydrogen (secondary N) is 1. The Hall–Kier alpha value is -2.67. The van der Waals surface area contributed by atoms with Gasteiger partial charge in [0.15, 0.2) is 5.82 Å². The SMILES string of the molecule is COC(=O)c1ccccc1C(=O)Nc1ccn(C(C)[C@H]2CCC(C(C)(C)C)O2)n1. The summed E-state index contributed by atoms with van der Waals surface area (Å²) in [7, 11) is 1.29. The molecule has 1 amide bonds. The predicted molar refractivity (Wildman–Crippen MR) is 110 cm³/mol. The van der Waals surface area contributed by atoms with Crippen LogP contribution in [0, 0.1) is 5.41 Å². The molecule has 2 heterocycles. The van der Waals surface area contributed by atoms with Crippen LogP contribution in [0.4, 0.5) is 5.82 Å². The summed E-state index contributed by atoms with van der Waals surface area (Å²) in [6.07, 6.45) is 4.17. The number of carbonyl (C=O) groups excluding carboxylic acids is 2. The molecule has 156 valence electrons. The fraction of sp³-hybridized carbons (Fsp3) is 0.500. The van der Waals surface area contributed by atoms with Crippen LogP contribution < -0.4 is 5.32 Å². The molecule has 7 nitrogen and oxygen atoms in total. The van der Waals surface area contributed by atoms with E-state index in [1.54, 1.807) is 30.3 Å². The second-order valence-electron chi connectivity index (χ2n) is 8.52. The molecule has 0 aliphatic carbocycles. The lowest BCUT2D eigenvalue weighted by Crippen LogP contribution is -2.29. The number of ether oxygens (including phenoxy) is 2. The Balaban J connectivity index is 1.68. The van der Waals surface area contributed by atoms with E-state index in [1.165, 1.54) is 7.11 Å². The van der Waals surface area contributed by atoms with E-state index in [1.807, 2.05) is 10.9 Å². The number of benzene rings is 1. The van der Waals surface area contributed by atoms with Crippen molar-refractivity contribution in [3.63, 3.8) is 0 Å². The Bertz CT molecular complexity index is 884. The van der Waals surface area contributed by atoms with Gasteiger partial charge < -0.3 is 14.8 Å². The highest BCUT2D eigenvalue weighted by atomic mass is 16.5. The summed E-state index contributed by atoms with van der Waals surface area (Å²) >= 11 is 0. The van der Waals surface area contributed by atoms with Crippen molar-refractivity contribution in [1.29, 1.82) is 0 Å². The van der Waals surface area contributed by atoms with Crippen molar-refractivity contribution in [2.75, 3.05) is 12.4 Å². The van der Waals surface area contributed by atoms with E-state index in [4.69, 9.17) is 9.47 Å². The third-order valence-corrected chi connectivity index (χ3v) is 5.40. The highest BCUT2D eigenvalue weighted by Crippen LogP contribution is 2.36. The molecule has 29 heavy (non-hydrogen) atoms. The molecular formula is C22H29N3O4. The average Bonchev–Trinajstić information content (AvgIpc) is 3.36. The van der Waals surface area contributed by atoms with Gasteiger partial charge in [0.1, 0.15) is 0 Å². The number of aromatic nitrogens is 2. The maximum Gasteiger partial charge on any atom is 0.338 e. The van der Waals surface area contributed by atoms with E-state index in [-0.39, 0.29) is 34.8 Å². The lowest BCUT2D eigenvalue weighted by atomic mass is 9.87. The van der Waals surface area contributed by atoms with Gasteiger partial charge in [-0.3, -0.25) is 9.48 Å². The molecule has 1 fully saturated rings. The molecule has 0 spiro atoms. The largest absolute Gasteiger partial charge is 0.465 e. The number of hydrogen-bond acceptors (Lipinski definition) is 5. The third-order valence-electron chi connectivity index (χ3n) is 5.40. The van der Waals surface area contributed by atoms with Crippen molar-refractivity contribution < 1.29 is 19.1 Å². The summed E-state index contributed by atoms with van der Waals surface area (Å²) in [5.41, 5.74) is 0.576. The normalized spacial score (nSPS) is 20.3. The molecule has 3 atom stereocenters. The molecule has 2 aromatic rings. The predicted octanol–water partition coefficient (Wildman–Crippen LogP) is 4.08. The van der Waals surface area contributed by atoms with E-state index in [0.29, 0.717) is 5.82 Å². The molecule has 1 aromatic carbocycles. The van der Waals surface area contributed by atoms with E-state index in [9.17, 15) is 9.59 Å². The van der Waals surface area contributed by atoms with E-state index >= 15 is 0 Å². The molecule has 1 saturated heterocycles. The lowest BCUT2D eigenvalue weighted by molar-refractivity contribution is -0.0344. The fourth-order valence-corrected chi connectivity index (χ4v) is 3.61. The van der Waals surface area contributed by atoms with E-state index in [0.717, 1.165) is 12.8 Å². The van der Waals surface area contributed by atoms with Gasteiger partial charge in [0, 0.05) is 12.3 Å². The fourth-order valence-electron chi connectivity index (χ4n) is 3.61. The molecule has 1 N–H and O–H groups in total. The summed E-state index contributed by atoms with van der Waals surface area (Å²) in [5.74, 6) is -0.539. The van der Waals surface area contributed by atoms with Gasteiger partial charge in [-0.15, -0.1) is 0 Å². The quantitative estimate of drug-likeness (QED) is 0.766. The minimum Gasteiger partial charge on any atom is -0.465 e. The van der Waals surface area contributed by atoms with E-state index in [2.05, 4.69) is 38.1 Å². The van der Waals surface area contributed by atoms with Crippen LogP contribution in [0.5, 0.6) is 0 Å². The summed E-state index contributed by atoms with van der Waals surface area (Å²) in [4.78, 5) is 24.5. The Morgan fingerprint density at radius 1 is 1.21 bits per heavy atom. The van der Waals surface area contributed by atoms with Gasteiger partial charge in [0.2, 0.25) is 0 Å². The molecule has 0 saturated carbocycles. The minimum atomic E-state index is -0.554. The van der Waals surface area contributed by atoms with Crippen molar-refractivity contribution >= 4 is 17.7 Å². The van der Waals surface area contributed by atoms with Crippen molar-refractivity contribution in [3.8, 4) is 0 Å². The zero-order chi connectivity index (χ0) is 21.2. The summed E-state index contributed by atoms with van der Waals surface area (Å²) in [6, 6.07) is 8.32. The highest BCUT2D eigenvalue weighted by molar-refractivity contribution is 6.10. The van der Waals surface area contributed by atoms with Crippen LogP contribution in [0.1, 0.15) is 67.3 Å². The Morgan fingerprint density at radius 2 is 1.90 bits per heavy atom. The molecule has 1 aliphatic heterocycles. The van der Waals surface area contributed by atoms with Crippen molar-refractivity contribution in [3.05, 3.63) is 47.7 Å². The van der Waals surface area contributed by atoms with Gasteiger partial charge in [-0.2, -0.15) is 5.10 Å². The number of hydrogen-bond donors (Lipinski definition) is 1. The van der Waals surface area contributed by atoms with Gasteiger partial charge >= 0.3 is 5.97 Å². The summed E-state index contributed by atoms with van der Waals surface area (Å²) < 4.78 is 12.8. The first-order valence-corrected chi connectivity index (χ1v) is 9.90. The molecular weight excluding hydrogens is 370 g/mol. The zero-order valence-electron chi connectivity index (χ0n) is 17.6. The van der Waals surface area contributed by atoms with Crippen molar-refractivity contribution in [1.82, 2.24) is 9.78 Å². The number of nitrogens with zero attached hydrogens (tertiary/aromatic N) is 2. The summed E-state index contributed by atoms with van der Waals surface area (Å²) in [5, 5.41) is 7.25. The van der Waals surface area contributed by atoms with Gasteiger partial charge in [-0.05, 0) is 37.3 Å². The van der Waals surface area contributed by atoms with Gasteiger partial charge in [0.25, 0.3) is 5.91 Å². The van der Waals surface area contributed by atoms with Gasteiger partial charge in [-0.25, -0.2) is 4.79 Å². The van der Waals surface area contributed by atoms with Crippen LogP contribution in [0.2, 0.25) is 0 Å². The highest BCUT2D eigenvalue weighted by Gasteiger charge is 2.36. The Labute approximate surface area is 171 Å². The molecule has 3 rings (SSSR count). The van der Waals surface area contributed by atoms with Crippen LogP contribution >= 0.6 is 0 Å². The molecule has 1 aliphatic rings. The van der Waals surface area contributed by atoms with Crippen LogP contribution in [0.3, 0.4) is 0 Å². The first kappa shape index (κ1) is 21.0. The summed E-state index contributed by atoms with van der Waals surface area (Å²) in [6.45, 7) is 8.65. The van der Waals surface area contributed by atoms with Gasteiger partial charge in [0.05, 0.1) is 36.5 Å². The number of anilines is 1. The molecule has 7 heteroatoms. The maximum absolute atomic E-state index is 12.7. The molecule has 1 aromatic heterocycles. The smallest absolute Gasteiger partial charge is 0.338 e. The molecule has 0 radical (unpaired) electrons. The standard InChI is InChI=1S/C22H29N3O4/c1-14(17-10-11-18(29-17)22(2,3)4)25-13-12-19(24-25)23-20(26)15-8-6-7-9-16(15)21(27)28-5/h6-9,12-14,17-18H,10-11H2,1-5H3,(H,23,24,26)/t14?,17-,18?/m1/s1. The first-order chi connectivity index (χ1) is 13.7. The first-order valence-electron chi connectivity index (χ1n) is 9.90. The van der Waals surface area contributed by atoms with E-state index < -0.39 is 11.9 Å². The second kappa shape index (κ2) is 8.37. The molecule has 0 bridgehead atoms. The minimum absolute atomic E-state index is 0.0513. The Kier molecular flexibility index (Phi) is 6.07. The third kappa shape index (κ3) is 4.67. The zero-order valence-corrected chi connectivity index (χ0v) is 17.6. The monoisotopic (exact) mass is 399 g/mol. The lowest BCUT2D eigenvalue weighted by Gasteiger charge is -2.28.